The van der Waals surface area contributed by atoms with Crippen LogP contribution in [-0.4, -0.2) is 98.8 Å². The molecule has 11 nitrogen and oxygen atoms in total. The molecule has 3 heterocycles. The van der Waals surface area contributed by atoms with Gasteiger partial charge in [0.05, 0.1) is 12.1 Å². The number of ether oxygens (including phenoxy) is 1. The van der Waals surface area contributed by atoms with Crippen molar-refractivity contribution in [2.75, 3.05) is 44.2 Å². The molecule has 3 aromatic rings. The summed E-state index contributed by atoms with van der Waals surface area (Å²) in [5.41, 5.74) is 1.81. The van der Waals surface area contributed by atoms with E-state index in [4.69, 9.17) is 4.74 Å². The molecule has 1 aliphatic carbocycles. The van der Waals surface area contributed by atoms with Crippen molar-refractivity contribution in [1.29, 1.82) is 0 Å². The highest BCUT2D eigenvalue weighted by Crippen LogP contribution is 2.34. The lowest BCUT2D eigenvalue weighted by molar-refractivity contribution is -0.147. The maximum Gasteiger partial charge on any atom is 0.407 e. The third-order valence-corrected chi connectivity index (χ3v) is 9.17. The Morgan fingerprint density at radius 3 is 2.46 bits per heavy atom. The molecule has 1 aromatic heterocycles. The number of carbonyl (C=O) groups is 3. The lowest BCUT2D eigenvalue weighted by atomic mass is 9.95. The first-order chi connectivity index (χ1) is 22.1. The monoisotopic (exact) mass is 632 g/mol. The van der Waals surface area contributed by atoms with Crippen molar-refractivity contribution in [2.45, 2.75) is 57.7 Å². The molecule has 2 saturated heterocycles. The van der Waals surface area contributed by atoms with E-state index in [0.29, 0.717) is 30.9 Å². The number of aromatic nitrogens is 2. The van der Waals surface area contributed by atoms with Gasteiger partial charge in [0.25, 0.3) is 5.91 Å². The number of H-pyrrole nitrogens is 1. The molecule has 6 rings (SSSR count). The molecule has 1 atom stereocenters. The van der Waals surface area contributed by atoms with E-state index in [0.717, 1.165) is 49.0 Å². The average Bonchev–Trinajstić information content (AvgIpc) is 3.75. The van der Waals surface area contributed by atoms with Crippen LogP contribution in [0.3, 0.4) is 0 Å². The largest absolute Gasteiger partial charge is 0.478 e. The minimum Gasteiger partial charge on any atom is -0.478 e. The van der Waals surface area contributed by atoms with Gasteiger partial charge in [0.2, 0.25) is 5.91 Å². The van der Waals surface area contributed by atoms with Crippen molar-refractivity contribution < 1.29 is 28.6 Å². The Morgan fingerprint density at radius 2 is 1.78 bits per heavy atom. The van der Waals surface area contributed by atoms with Gasteiger partial charge < -0.3 is 29.4 Å². The molecule has 2 N–H and O–H groups in total. The van der Waals surface area contributed by atoms with E-state index >= 15 is 4.39 Å². The minimum absolute atomic E-state index is 0.0626. The number of aromatic amines is 1. The summed E-state index contributed by atoms with van der Waals surface area (Å²) in [7, 11) is 0. The summed E-state index contributed by atoms with van der Waals surface area (Å²) in [4.78, 5) is 45.5. The van der Waals surface area contributed by atoms with Gasteiger partial charge in [-0.2, -0.15) is 5.10 Å². The fraction of sp³-hybridized carbons (Fsp3) is 0.471. The third-order valence-electron chi connectivity index (χ3n) is 9.17. The second kappa shape index (κ2) is 13.0. The number of benzene rings is 2. The molecule has 3 amide bonds. The van der Waals surface area contributed by atoms with Crippen LogP contribution in [0.2, 0.25) is 0 Å². The van der Waals surface area contributed by atoms with E-state index in [1.165, 1.54) is 11.0 Å². The van der Waals surface area contributed by atoms with Crippen LogP contribution in [0, 0.1) is 11.7 Å². The van der Waals surface area contributed by atoms with Gasteiger partial charge in [-0.25, -0.2) is 9.18 Å². The van der Waals surface area contributed by atoms with Crippen LogP contribution in [0.5, 0.6) is 5.75 Å². The topological polar surface area (TPSA) is 122 Å². The zero-order chi connectivity index (χ0) is 32.4. The van der Waals surface area contributed by atoms with Gasteiger partial charge in [0.1, 0.15) is 11.6 Å². The molecule has 1 unspecified atom stereocenters. The van der Waals surface area contributed by atoms with Crippen molar-refractivity contribution in [2.24, 2.45) is 5.92 Å². The number of piperazine rings is 1. The Balaban J connectivity index is 1.10. The summed E-state index contributed by atoms with van der Waals surface area (Å²) >= 11 is 0. The SMILES string of the molecule is CC(C)(Oc1cccc(N2CCCC(C(=O)N(Cc3ccc(-c4cn[nH]c4)cc3F)C3CC3)C2)c1)C(=O)N1CCN(C(=O)O)CC1. The minimum atomic E-state index is -1.15. The third kappa shape index (κ3) is 6.95. The lowest BCUT2D eigenvalue weighted by Gasteiger charge is -2.38. The number of piperidine rings is 1. The van der Waals surface area contributed by atoms with Crippen molar-refractivity contribution in [1.82, 2.24) is 24.9 Å². The highest BCUT2D eigenvalue weighted by atomic mass is 19.1. The van der Waals surface area contributed by atoms with E-state index in [1.807, 2.05) is 35.2 Å². The zero-order valence-corrected chi connectivity index (χ0v) is 26.3. The Hall–Kier alpha value is -4.61. The van der Waals surface area contributed by atoms with Gasteiger partial charge in [-0.1, -0.05) is 18.2 Å². The number of amides is 3. The van der Waals surface area contributed by atoms with Crippen molar-refractivity contribution in [3.63, 3.8) is 0 Å². The van der Waals surface area contributed by atoms with Gasteiger partial charge in [-0.3, -0.25) is 14.7 Å². The fourth-order valence-corrected chi connectivity index (χ4v) is 6.43. The molecule has 3 fully saturated rings. The quantitative estimate of drug-likeness (QED) is 0.354. The lowest BCUT2D eigenvalue weighted by Crippen LogP contribution is -2.56. The van der Waals surface area contributed by atoms with Crippen LogP contribution in [0.15, 0.2) is 54.9 Å². The zero-order valence-electron chi connectivity index (χ0n) is 26.3. The molecular weight excluding hydrogens is 591 g/mol. The Labute approximate surface area is 267 Å². The maximum atomic E-state index is 15.2. The van der Waals surface area contributed by atoms with E-state index in [2.05, 4.69) is 15.1 Å². The summed E-state index contributed by atoms with van der Waals surface area (Å²) in [6, 6.07) is 12.9. The number of carbonyl (C=O) groups excluding carboxylic acids is 2. The van der Waals surface area contributed by atoms with E-state index in [-0.39, 0.29) is 49.2 Å². The van der Waals surface area contributed by atoms with Gasteiger partial charge in [-0.05, 0) is 63.3 Å². The Morgan fingerprint density at radius 1 is 1.02 bits per heavy atom. The molecule has 2 aromatic carbocycles. The predicted molar refractivity (Wildman–Crippen MR) is 170 cm³/mol. The van der Waals surface area contributed by atoms with Crippen molar-refractivity contribution in [3.05, 3.63) is 66.2 Å². The number of anilines is 1. The summed E-state index contributed by atoms with van der Waals surface area (Å²) in [6.07, 6.45) is 5.87. The molecular formula is C34H41FN6O5. The van der Waals surface area contributed by atoms with E-state index in [1.54, 1.807) is 37.2 Å². The highest BCUT2D eigenvalue weighted by molar-refractivity contribution is 5.85. The number of hydrogen-bond donors (Lipinski definition) is 2. The normalized spacial score (nSPS) is 18.8. The average molecular weight is 633 g/mol. The number of rotatable bonds is 9. The van der Waals surface area contributed by atoms with Crippen LogP contribution in [0.1, 0.15) is 45.1 Å². The first-order valence-electron chi connectivity index (χ1n) is 16.0. The van der Waals surface area contributed by atoms with Crippen molar-refractivity contribution in [3.8, 4) is 16.9 Å². The van der Waals surface area contributed by atoms with Crippen LogP contribution in [0.25, 0.3) is 11.1 Å². The fourth-order valence-electron chi connectivity index (χ4n) is 6.43. The molecule has 2 aliphatic heterocycles. The van der Waals surface area contributed by atoms with Gasteiger partial charge in [0.15, 0.2) is 5.60 Å². The molecule has 46 heavy (non-hydrogen) atoms. The predicted octanol–water partition coefficient (Wildman–Crippen LogP) is 4.60. The first kappa shape index (κ1) is 31.4. The highest BCUT2D eigenvalue weighted by Gasteiger charge is 2.39. The van der Waals surface area contributed by atoms with Gasteiger partial charge >= 0.3 is 6.09 Å². The van der Waals surface area contributed by atoms with E-state index < -0.39 is 11.7 Å². The van der Waals surface area contributed by atoms with Crippen LogP contribution >= 0.6 is 0 Å². The second-order valence-electron chi connectivity index (χ2n) is 12.9. The van der Waals surface area contributed by atoms with Crippen LogP contribution < -0.4 is 9.64 Å². The summed E-state index contributed by atoms with van der Waals surface area (Å²) in [5.74, 6) is -0.132. The number of nitrogens with zero attached hydrogens (tertiary/aromatic N) is 5. The molecule has 0 bridgehead atoms. The second-order valence-corrected chi connectivity index (χ2v) is 12.9. The molecule has 3 aliphatic rings. The molecule has 1 saturated carbocycles. The summed E-state index contributed by atoms with van der Waals surface area (Å²) < 4.78 is 21.4. The molecule has 12 heteroatoms. The first-order valence-corrected chi connectivity index (χ1v) is 16.0. The number of carboxylic acid groups (broad SMARTS) is 1. The van der Waals surface area contributed by atoms with Crippen LogP contribution in [0.4, 0.5) is 14.9 Å². The van der Waals surface area contributed by atoms with Gasteiger partial charge in [0, 0.05) is 80.9 Å². The Kier molecular flexibility index (Phi) is 8.88. The van der Waals surface area contributed by atoms with Crippen LogP contribution in [-0.2, 0) is 16.1 Å². The molecule has 0 radical (unpaired) electrons. The number of halogens is 1. The molecule has 0 spiro atoms. The summed E-state index contributed by atoms with van der Waals surface area (Å²) in [5, 5.41) is 15.9. The molecule has 244 valence electrons. The van der Waals surface area contributed by atoms with E-state index in [9.17, 15) is 19.5 Å². The Bertz CT molecular complexity index is 1570. The smallest absolute Gasteiger partial charge is 0.407 e. The standard InChI is InChI=1S/C34H41FN6O5/c1-34(2,32(43)38-13-15-39(16-14-38)33(44)45)46-29-7-3-6-28(18-29)40-12-4-5-25(21-40)31(42)41(27-10-11-27)22-24-9-8-23(17-30(24)35)26-19-36-37-20-26/h3,6-9,17-20,25,27H,4-5,10-16,21-22H2,1-2H3,(H,36,37)(H,44,45). The summed E-state index contributed by atoms with van der Waals surface area (Å²) in [6.45, 7) is 6.21. The maximum absolute atomic E-state index is 15.2. The van der Waals surface area contributed by atoms with Crippen molar-refractivity contribution >= 4 is 23.6 Å². The van der Waals surface area contributed by atoms with Gasteiger partial charge in [-0.15, -0.1) is 0 Å². The number of nitrogens with one attached hydrogen (secondary N) is 1. The number of hydrogen-bond acceptors (Lipinski definition) is 6.